The Kier molecular flexibility index (Phi) is 4.16. The van der Waals surface area contributed by atoms with Gasteiger partial charge < -0.3 is 5.11 Å². The van der Waals surface area contributed by atoms with Gasteiger partial charge >= 0.3 is 0 Å². The predicted octanol–water partition coefficient (Wildman–Crippen LogP) is 4.69. The van der Waals surface area contributed by atoms with Crippen LogP contribution in [-0.4, -0.2) is 16.7 Å². The molecule has 3 aromatic rings. The summed E-state index contributed by atoms with van der Waals surface area (Å²) in [4.78, 5) is 25.6. The highest BCUT2D eigenvalue weighted by Gasteiger charge is 2.37. The van der Waals surface area contributed by atoms with E-state index in [0.29, 0.717) is 11.1 Å². The lowest BCUT2D eigenvalue weighted by atomic mass is 9.76. The van der Waals surface area contributed by atoms with Crippen molar-refractivity contribution in [3.63, 3.8) is 0 Å². The van der Waals surface area contributed by atoms with Crippen molar-refractivity contribution in [3.8, 4) is 0 Å². The maximum absolute atomic E-state index is 13.4. The van der Waals surface area contributed by atoms with Crippen molar-refractivity contribution in [1.29, 1.82) is 0 Å². The van der Waals surface area contributed by atoms with Gasteiger partial charge in [0.25, 0.3) is 0 Å². The molecule has 0 heterocycles. The number of carbonyl (C=O) groups is 2. The Morgan fingerprint density at radius 3 is 1.89 bits per heavy atom. The Labute approximate surface area is 155 Å². The molecule has 0 saturated heterocycles. The fraction of sp³-hybridized carbons (Fsp3) is 0.0435. The lowest BCUT2D eigenvalue weighted by Gasteiger charge is -2.25. The molecule has 3 nitrogen and oxygen atoms in total. The van der Waals surface area contributed by atoms with Gasteiger partial charge in [-0.15, -0.1) is 0 Å². The molecule has 4 heteroatoms. The highest BCUT2D eigenvalue weighted by molar-refractivity contribution is 6.52. The molecule has 1 unspecified atom stereocenters. The summed E-state index contributed by atoms with van der Waals surface area (Å²) < 4.78 is 13.4. The van der Waals surface area contributed by atoms with Gasteiger partial charge in [-0.1, -0.05) is 66.7 Å². The van der Waals surface area contributed by atoms with Gasteiger partial charge in [0.15, 0.2) is 0 Å². The van der Waals surface area contributed by atoms with E-state index < -0.39 is 23.3 Å². The van der Waals surface area contributed by atoms with Gasteiger partial charge in [-0.3, -0.25) is 9.59 Å². The van der Waals surface area contributed by atoms with Crippen LogP contribution in [0.5, 0.6) is 0 Å². The Hall–Kier alpha value is -3.53. The van der Waals surface area contributed by atoms with Crippen LogP contribution in [0.25, 0.3) is 5.76 Å². The van der Waals surface area contributed by atoms with E-state index in [1.165, 1.54) is 18.2 Å². The molecular formula is C23H15FO3. The molecule has 0 amide bonds. The van der Waals surface area contributed by atoms with Crippen molar-refractivity contribution < 1.29 is 19.1 Å². The SMILES string of the molecule is O=C1C(=O)c2ccccc2C(O)=C1C(c1ccccc1)c1ccc(F)cc1. The highest BCUT2D eigenvalue weighted by Crippen LogP contribution is 2.39. The predicted molar refractivity (Wildman–Crippen MR) is 100 cm³/mol. The van der Waals surface area contributed by atoms with Crippen LogP contribution in [-0.2, 0) is 4.79 Å². The Morgan fingerprint density at radius 2 is 1.22 bits per heavy atom. The quantitative estimate of drug-likeness (QED) is 0.691. The number of Topliss-reactive ketones (excluding diaryl/α,β-unsaturated/α-hetero) is 2. The molecule has 27 heavy (non-hydrogen) atoms. The van der Waals surface area contributed by atoms with Crippen molar-refractivity contribution in [2.24, 2.45) is 0 Å². The van der Waals surface area contributed by atoms with Gasteiger partial charge in [0, 0.05) is 17.0 Å². The van der Waals surface area contributed by atoms with E-state index in [1.807, 2.05) is 30.3 Å². The third-order valence-corrected chi connectivity index (χ3v) is 4.76. The number of halogens is 1. The zero-order chi connectivity index (χ0) is 19.0. The summed E-state index contributed by atoms with van der Waals surface area (Å²) in [6.07, 6.45) is 0. The number of aliphatic hydroxyl groups is 1. The molecule has 3 aromatic carbocycles. The second-order valence-corrected chi connectivity index (χ2v) is 6.36. The number of ketones is 2. The molecule has 0 saturated carbocycles. The lowest BCUT2D eigenvalue weighted by Crippen LogP contribution is -2.27. The second kappa shape index (κ2) is 6.65. The lowest BCUT2D eigenvalue weighted by molar-refractivity contribution is -0.112. The van der Waals surface area contributed by atoms with Crippen LogP contribution in [0.3, 0.4) is 0 Å². The van der Waals surface area contributed by atoms with Crippen LogP contribution in [0.4, 0.5) is 4.39 Å². The molecule has 0 bridgehead atoms. The third-order valence-electron chi connectivity index (χ3n) is 4.76. The van der Waals surface area contributed by atoms with Crippen LogP contribution >= 0.6 is 0 Å². The van der Waals surface area contributed by atoms with Crippen LogP contribution in [0.2, 0.25) is 0 Å². The number of hydrogen-bond donors (Lipinski definition) is 1. The van der Waals surface area contributed by atoms with Crippen molar-refractivity contribution in [2.75, 3.05) is 0 Å². The van der Waals surface area contributed by atoms with E-state index in [1.54, 1.807) is 30.3 Å². The minimum absolute atomic E-state index is 0.0107. The fourth-order valence-corrected chi connectivity index (χ4v) is 3.48. The average Bonchev–Trinajstić information content (AvgIpc) is 2.71. The van der Waals surface area contributed by atoms with Gasteiger partial charge in [0.05, 0.1) is 5.57 Å². The number of benzene rings is 3. The first-order valence-electron chi connectivity index (χ1n) is 8.50. The van der Waals surface area contributed by atoms with Gasteiger partial charge in [0.1, 0.15) is 11.6 Å². The summed E-state index contributed by atoms with van der Waals surface area (Å²) in [6, 6.07) is 21.3. The fourth-order valence-electron chi connectivity index (χ4n) is 3.48. The summed E-state index contributed by atoms with van der Waals surface area (Å²) in [5, 5.41) is 10.9. The summed E-state index contributed by atoms with van der Waals surface area (Å²) >= 11 is 0. The normalized spacial score (nSPS) is 14.9. The van der Waals surface area contributed by atoms with E-state index in [4.69, 9.17) is 0 Å². The Bertz CT molecular complexity index is 1070. The monoisotopic (exact) mass is 358 g/mol. The molecule has 0 fully saturated rings. The molecule has 0 radical (unpaired) electrons. The van der Waals surface area contributed by atoms with E-state index in [9.17, 15) is 19.1 Å². The Morgan fingerprint density at radius 1 is 0.667 bits per heavy atom. The zero-order valence-corrected chi connectivity index (χ0v) is 14.2. The topological polar surface area (TPSA) is 54.4 Å². The van der Waals surface area contributed by atoms with Crippen LogP contribution in [0.1, 0.15) is 33.0 Å². The molecule has 1 N–H and O–H groups in total. The average molecular weight is 358 g/mol. The highest BCUT2D eigenvalue weighted by atomic mass is 19.1. The summed E-state index contributed by atoms with van der Waals surface area (Å²) in [5.41, 5.74) is 1.88. The van der Waals surface area contributed by atoms with Crippen LogP contribution in [0, 0.1) is 5.82 Å². The first-order chi connectivity index (χ1) is 13.1. The molecule has 1 atom stereocenters. The van der Waals surface area contributed by atoms with Crippen molar-refractivity contribution >= 4 is 17.3 Å². The van der Waals surface area contributed by atoms with E-state index in [-0.39, 0.29) is 16.9 Å². The summed E-state index contributed by atoms with van der Waals surface area (Å²) in [7, 11) is 0. The summed E-state index contributed by atoms with van der Waals surface area (Å²) in [6.45, 7) is 0. The van der Waals surface area contributed by atoms with Gasteiger partial charge in [-0.05, 0) is 23.3 Å². The third kappa shape index (κ3) is 2.85. The van der Waals surface area contributed by atoms with Crippen molar-refractivity contribution in [2.45, 2.75) is 5.92 Å². The van der Waals surface area contributed by atoms with Crippen LogP contribution < -0.4 is 0 Å². The first kappa shape index (κ1) is 16.9. The molecule has 0 spiro atoms. The second-order valence-electron chi connectivity index (χ2n) is 6.36. The number of carbonyl (C=O) groups excluding carboxylic acids is 2. The van der Waals surface area contributed by atoms with Gasteiger partial charge in [-0.25, -0.2) is 4.39 Å². The van der Waals surface area contributed by atoms with Crippen molar-refractivity contribution in [3.05, 3.63) is 113 Å². The van der Waals surface area contributed by atoms with E-state index >= 15 is 0 Å². The number of fused-ring (bicyclic) bond motifs is 1. The molecule has 4 rings (SSSR count). The molecule has 1 aliphatic carbocycles. The molecule has 1 aliphatic rings. The number of allylic oxidation sites excluding steroid dienone is 1. The van der Waals surface area contributed by atoms with Crippen LogP contribution in [0.15, 0.2) is 84.4 Å². The molecule has 0 aromatic heterocycles. The largest absolute Gasteiger partial charge is 0.507 e. The Balaban J connectivity index is 1.99. The standard InChI is InChI=1S/C23H15FO3/c24-16-12-10-15(11-13-16)19(14-6-2-1-3-7-14)20-21(25)17-8-4-5-9-18(17)22(26)23(20)27/h1-13,19,25H. The van der Waals surface area contributed by atoms with E-state index in [2.05, 4.69) is 0 Å². The molecule has 0 aliphatic heterocycles. The van der Waals surface area contributed by atoms with Gasteiger partial charge in [0.2, 0.25) is 11.6 Å². The number of hydrogen-bond acceptors (Lipinski definition) is 3. The van der Waals surface area contributed by atoms with Gasteiger partial charge in [-0.2, -0.15) is 0 Å². The number of aliphatic hydroxyl groups excluding tert-OH is 1. The maximum Gasteiger partial charge on any atom is 0.234 e. The minimum atomic E-state index is -0.746. The first-order valence-corrected chi connectivity index (χ1v) is 8.50. The molecular weight excluding hydrogens is 343 g/mol. The smallest absolute Gasteiger partial charge is 0.234 e. The summed E-state index contributed by atoms with van der Waals surface area (Å²) in [5.74, 6) is -2.70. The minimum Gasteiger partial charge on any atom is -0.507 e. The number of rotatable bonds is 3. The maximum atomic E-state index is 13.4. The zero-order valence-electron chi connectivity index (χ0n) is 14.2. The van der Waals surface area contributed by atoms with Crippen molar-refractivity contribution in [1.82, 2.24) is 0 Å². The molecule has 132 valence electrons. The van der Waals surface area contributed by atoms with E-state index in [0.717, 1.165) is 5.56 Å².